The Morgan fingerprint density at radius 2 is 2.24 bits per heavy atom. The van der Waals surface area contributed by atoms with E-state index in [0.29, 0.717) is 24.2 Å². The third-order valence-electron chi connectivity index (χ3n) is 2.38. The number of thioether (sulfide) groups is 1. The second-order valence-corrected chi connectivity index (χ2v) is 4.64. The highest BCUT2D eigenvalue weighted by molar-refractivity contribution is 7.98. The minimum Gasteiger partial charge on any atom is -0.476 e. The molecule has 1 aromatic heterocycles. The molecule has 0 fully saturated rings. The van der Waals surface area contributed by atoms with Gasteiger partial charge >= 0.3 is 0 Å². The molecule has 0 aliphatic carbocycles. The molecule has 96 valence electrons. The van der Waals surface area contributed by atoms with Gasteiger partial charge in [-0.05, 0) is 31.7 Å². The number of anilines is 2. The van der Waals surface area contributed by atoms with Gasteiger partial charge < -0.3 is 15.8 Å². The Morgan fingerprint density at radius 3 is 2.82 bits per heavy atom. The molecule has 0 amide bonds. The normalized spacial score (nSPS) is 12.2. The molecule has 0 aliphatic heterocycles. The van der Waals surface area contributed by atoms with Gasteiger partial charge in [0.1, 0.15) is 5.82 Å². The maximum Gasteiger partial charge on any atom is 0.239 e. The second-order valence-electron chi connectivity index (χ2n) is 3.73. The third kappa shape index (κ3) is 4.34. The van der Waals surface area contributed by atoms with Crippen LogP contribution in [0, 0.1) is 0 Å². The van der Waals surface area contributed by atoms with Crippen molar-refractivity contribution in [3.8, 4) is 5.88 Å². The van der Waals surface area contributed by atoms with Crippen molar-refractivity contribution in [2.24, 2.45) is 0 Å². The largest absolute Gasteiger partial charge is 0.476 e. The molecule has 0 bridgehead atoms. The average Bonchev–Trinajstić information content (AvgIpc) is 2.33. The summed E-state index contributed by atoms with van der Waals surface area (Å²) in [4.78, 5) is 4.36. The van der Waals surface area contributed by atoms with E-state index in [-0.39, 0.29) is 0 Å². The van der Waals surface area contributed by atoms with Crippen molar-refractivity contribution in [3.63, 3.8) is 0 Å². The van der Waals surface area contributed by atoms with Crippen molar-refractivity contribution in [1.82, 2.24) is 4.98 Å². The number of hydrogen-bond acceptors (Lipinski definition) is 5. The number of pyridine rings is 1. The molecule has 0 saturated carbocycles. The third-order valence-corrected chi connectivity index (χ3v) is 3.12. The highest BCUT2D eigenvalue weighted by Crippen LogP contribution is 2.21. The molecule has 17 heavy (non-hydrogen) atoms. The number of nitrogens with two attached hydrogens (primary N) is 1. The van der Waals surface area contributed by atoms with Crippen LogP contribution in [-0.2, 0) is 0 Å². The van der Waals surface area contributed by atoms with Gasteiger partial charge in [0.15, 0.2) is 0 Å². The fourth-order valence-electron chi connectivity index (χ4n) is 1.46. The van der Waals surface area contributed by atoms with Crippen LogP contribution in [0.25, 0.3) is 0 Å². The van der Waals surface area contributed by atoms with E-state index >= 15 is 0 Å². The highest BCUT2D eigenvalue weighted by Gasteiger charge is 2.08. The Balaban J connectivity index is 2.73. The van der Waals surface area contributed by atoms with E-state index in [1.807, 2.05) is 30.8 Å². The van der Waals surface area contributed by atoms with Gasteiger partial charge in [-0.15, -0.1) is 0 Å². The zero-order valence-electron chi connectivity index (χ0n) is 10.7. The Bertz CT molecular complexity index is 347. The van der Waals surface area contributed by atoms with Gasteiger partial charge in [0.2, 0.25) is 5.88 Å². The van der Waals surface area contributed by atoms with Crippen LogP contribution in [-0.4, -0.2) is 29.6 Å². The summed E-state index contributed by atoms with van der Waals surface area (Å²) in [6, 6.07) is 4.14. The summed E-state index contributed by atoms with van der Waals surface area (Å²) in [5, 5.41) is 3.39. The molecule has 0 aliphatic rings. The van der Waals surface area contributed by atoms with Gasteiger partial charge in [-0.1, -0.05) is 6.92 Å². The van der Waals surface area contributed by atoms with Crippen molar-refractivity contribution in [2.45, 2.75) is 26.3 Å². The molecule has 3 N–H and O–H groups in total. The lowest BCUT2D eigenvalue weighted by molar-refractivity contribution is 0.329. The summed E-state index contributed by atoms with van der Waals surface area (Å²) >= 11 is 1.82. The molecule has 4 nitrogen and oxygen atoms in total. The van der Waals surface area contributed by atoms with Gasteiger partial charge in [0, 0.05) is 11.8 Å². The fraction of sp³-hybridized carbons (Fsp3) is 0.583. The summed E-state index contributed by atoms with van der Waals surface area (Å²) in [5.74, 6) is 2.40. The number of hydrogen-bond donors (Lipinski definition) is 2. The Hall–Kier alpha value is -1.10. The molecular formula is C12H21N3OS. The first-order valence-electron chi connectivity index (χ1n) is 5.86. The van der Waals surface area contributed by atoms with E-state index in [1.165, 1.54) is 0 Å². The van der Waals surface area contributed by atoms with E-state index in [0.717, 1.165) is 18.0 Å². The van der Waals surface area contributed by atoms with Gasteiger partial charge in [-0.25, -0.2) is 0 Å². The predicted octanol–water partition coefficient (Wildman–Crippen LogP) is 2.62. The first-order chi connectivity index (χ1) is 8.21. The van der Waals surface area contributed by atoms with E-state index in [4.69, 9.17) is 10.5 Å². The van der Waals surface area contributed by atoms with Gasteiger partial charge in [0.05, 0.1) is 12.3 Å². The SMILES string of the molecule is CCOc1nc(NC(CC)CSC)ccc1N. The molecule has 0 radical (unpaired) electrons. The molecule has 0 saturated heterocycles. The first kappa shape index (κ1) is 14.0. The number of nitrogens with one attached hydrogen (secondary N) is 1. The molecule has 1 atom stereocenters. The van der Waals surface area contributed by atoms with Crippen LogP contribution in [0.5, 0.6) is 5.88 Å². The topological polar surface area (TPSA) is 60.2 Å². The van der Waals surface area contributed by atoms with Crippen LogP contribution in [0.1, 0.15) is 20.3 Å². The molecule has 1 rings (SSSR count). The number of ether oxygens (including phenoxy) is 1. The number of nitrogens with zero attached hydrogens (tertiary/aromatic N) is 1. The number of aromatic nitrogens is 1. The second kappa shape index (κ2) is 7.27. The molecule has 0 spiro atoms. The summed E-state index contributed by atoms with van der Waals surface area (Å²) in [5.41, 5.74) is 6.36. The van der Waals surface area contributed by atoms with Crippen molar-refractivity contribution < 1.29 is 4.74 Å². The van der Waals surface area contributed by atoms with Crippen molar-refractivity contribution in [2.75, 3.05) is 29.7 Å². The first-order valence-corrected chi connectivity index (χ1v) is 7.25. The molecule has 1 aromatic rings. The zero-order chi connectivity index (χ0) is 12.7. The zero-order valence-corrected chi connectivity index (χ0v) is 11.5. The van der Waals surface area contributed by atoms with Crippen molar-refractivity contribution in [1.29, 1.82) is 0 Å². The quantitative estimate of drug-likeness (QED) is 0.784. The average molecular weight is 255 g/mol. The predicted molar refractivity (Wildman–Crippen MR) is 75.9 cm³/mol. The smallest absolute Gasteiger partial charge is 0.239 e. The van der Waals surface area contributed by atoms with E-state index < -0.39 is 0 Å². The molecule has 5 heteroatoms. The van der Waals surface area contributed by atoms with Crippen LogP contribution in [0.3, 0.4) is 0 Å². The van der Waals surface area contributed by atoms with Crippen molar-refractivity contribution in [3.05, 3.63) is 12.1 Å². The van der Waals surface area contributed by atoms with Crippen LogP contribution in [0.15, 0.2) is 12.1 Å². The summed E-state index contributed by atoms with van der Waals surface area (Å²) in [6.45, 7) is 4.65. The van der Waals surface area contributed by atoms with E-state index in [2.05, 4.69) is 23.5 Å². The van der Waals surface area contributed by atoms with Crippen LogP contribution < -0.4 is 15.8 Å². The van der Waals surface area contributed by atoms with E-state index in [1.54, 1.807) is 0 Å². The Morgan fingerprint density at radius 1 is 1.47 bits per heavy atom. The van der Waals surface area contributed by atoms with E-state index in [9.17, 15) is 0 Å². The lowest BCUT2D eigenvalue weighted by atomic mass is 10.2. The lowest BCUT2D eigenvalue weighted by Crippen LogP contribution is -2.21. The standard InChI is InChI=1S/C12H21N3OS/c1-4-9(8-17-3)14-11-7-6-10(13)12(15-11)16-5-2/h6-7,9H,4-5,8,13H2,1-3H3,(H,14,15). The van der Waals surface area contributed by atoms with Gasteiger partial charge in [0.25, 0.3) is 0 Å². The number of rotatable bonds is 7. The minimum atomic E-state index is 0.426. The minimum absolute atomic E-state index is 0.426. The maximum absolute atomic E-state index is 5.78. The molecular weight excluding hydrogens is 234 g/mol. The molecule has 1 heterocycles. The lowest BCUT2D eigenvalue weighted by Gasteiger charge is -2.17. The highest BCUT2D eigenvalue weighted by atomic mass is 32.2. The summed E-state index contributed by atoms with van der Waals surface area (Å²) < 4.78 is 5.37. The molecule has 0 aromatic carbocycles. The maximum atomic E-state index is 5.78. The van der Waals surface area contributed by atoms with Crippen LogP contribution >= 0.6 is 11.8 Å². The Labute approximate surface area is 107 Å². The monoisotopic (exact) mass is 255 g/mol. The van der Waals surface area contributed by atoms with Crippen LogP contribution in [0.4, 0.5) is 11.5 Å². The Kier molecular flexibility index (Phi) is 5.97. The number of nitrogen functional groups attached to an aromatic ring is 1. The fourth-order valence-corrected chi connectivity index (χ4v) is 2.18. The van der Waals surface area contributed by atoms with Gasteiger partial charge in [-0.2, -0.15) is 16.7 Å². The van der Waals surface area contributed by atoms with Crippen LogP contribution in [0.2, 0.25) is 0 Å². The summed E-state index contributed by atoms with van der Waals surface area (Å²) in [6.07, 6.45) is 3.17. The van der Waals surface area contributed by atoms with Gasteiger partial charge in [-0.3, -0.25) is 0 Å². The molecule has 1 unspecified atom stereocenters. The summed E-state index contributed by atoms with van der Waals surface area (Å²) in [7, 11) is 0. The van der Waals surface area contributed by atoms with Crippen molar-refractivity contribution >= 4 is 23.3 Å².